The third-order valence-electron chi connectivity index (χ3n) is 2.34. The molecule has 0 heterocycles. The van der Waals surface area contributed by atoms with Gasteiger partial charge in [-0.25, -0.2) is 0 Å². The molecule has 2 rings (SSSR count). The van der Waals surface area contributed by atoms with E-state index in [9.17, 15) is 4.79 Å². The van der Waals surface area contributed by atoms with Gasteiger partial charge < -0.3 is 10.6 Å². The van der Waals surface area contributed by atoms with Gasteiger partial charge in [0.25, 0.3) is 0 Å². The van der Waals surface area contributed by atoms with Crippen LogP contribution >= 0.6 is 11.6 Å². The second-order valence-electron chi connectivity index (χ2n) is 3.87. The number of hydrogen-bond donors (Lipinski definition) is 2. The highest BCUT2D eigenvalue weighted by molar-refractivity contribution is 6.33. The van der Waals surface area contributed by atoms with Gasteiger partial charge in [-0.05, 0) is 30.3 Å². The van der Waals surface area contributed by atoms with Crippen LogP contribution in [-0.4, -0.2) is 5.91 Å². The number of carbonyl (C=O) groups is 1. The molecule has 0 aromatic heterocycles. The molecule has 0 atom stereocenters. The zero-order chi connectivity index (χ0) is 13.0. The maximum Gasteiger partial charge on any atom is 0.221 e. The summed E-state index contributed by atoms with van der Waals surface area (Å²) in [5.74, 6) is -0.145. The van der Waals surface area contributed by atoms with E-state index in [-0.39, 0.29) is 5.91 Å². The predicted octanol–water partition coefficient (Wildman–Crippen LogP) is 4.04. The molecule has 0 saturated carbocycles. The molecule has 0 unspecified atom stereocenters. The Morgan fingerprint density at radius 1 is 1.06 bits per heavy atom. The Bertz CT molecular complexity index is 555. The summed E-state index contributed by atoms with van der Waals surface area (Å²) in [6.45, 7) is 1.45. The van der Waals surface area contributed by atoms with Gasteiger partial charge in [0.1, 0.15) is 0 Å². The van der Waals surface area contributed by atoms with E-state index in [1.54, 1.807) is 12.1 Å². The highest BCUT2D eigenvalue weighted by Gasteiger charge is 2.03. The van der Waals surface area contributed by atoms with E-state index < -0.39 is 0 Å². The average Bonchev–Trinajstić information content (AvgIpc) is 2.34. The van der Waals surface area contributed by atoms with Crippen LogP contribution in [0.3, 0.4) is 0 Å². The summed E-state index contributed by atoms with van der Waals surface area (Å²) >= 11 is 6.00. The number of anilines is 3. The largest absolute Gasteiger partial charge is 0.355 e. The van der Waals surface area contributed by atoms with Gasteiger partial charge in [-0.2, -0.15) is 0 Å². The molecule has 2 aromatic carbocycles. The van der Waals surface area contributed by atoms with Gasteiger partial charge in [-0.3, -0.25) is 4.79 Å². The minimum atomic E-state index is -0.145. The summed E-state index contributed by atoms with van der Waals surface area (Å²) in [7, 11) is 0. The maximum atomic E-state index is 11.0. The van der Waals surface area contributed by atoms with E-state index in [1.165, 1.54) is 6.92 Å². The number of para-hydroxylation sites is 1. The summed E-state index contributed by atoms with van der Waals surface area (Å²) in [4.78, 5) is 11.0. The fourth-order valence-electron chi connectivity index (χ4n) is 1.58. The lowest BCUT2D eigenvalue weighted by Crippen LogP contribution is -2.06. The summed E-state index contributed by atoms with van der Waals surface area (Å²) in [6.07, 6.45) is 0. The summed E-state index contributed by atoms with van der Waals surface area (Å²) in [5, 5.41) is 6.44. The normalized spacial score (nSPS) is 9.89. The van der Waals surface area contributed by atoms with Crippen LogP contribution in [0, 0.1) is 0 Å². The quantitative estimate of drug-likeness (QED) is 0.874. The Hall–Kier alpha value is -2.00. The fourth-order valence-corrected chi connectivity index (χ4v) is 1.74. The van der Waals surface area contributed by atoms with Crippen molar-refractivity contribution in [2.75, 3.05) is 10.6 Å². The number of rotatable bonds is 3. The first-order valence-corrected chi connectivity index (χ1v) is 5.92. The molecule has 1 amide bonds. The summed E-state index contributed by atoms with van der Waals surface area (Å²) in [6, 6.07) is 15.2. The Kier molecular flexibility index (Phi) is 3.85. The Morgan fingerprint density at radius 2 is 1.78 bits per heavy atom. The standard InChI is InChI=1S/C14H13ClN2O/c1-10(18)16-14-9-12(7-8-13(14)15)17-11-5-3-2-4-6-11/h2-9,17H,1H3,(H,16,18). The SMILES string of the molecule is CC(=O)Nc1cc(Nc2ccccc2)ccc1Cl. The Balaban J connectivity index is 2.22. The average molecular weight is 261 g/mol. The van der Waals surface area contributed by atoms with E-state index in [0.717, 1.165) is 11.4 Å². The molecule has 0 fully saturated rings. The van der Waals surface area contributed by atoms with E-state index in [4.69, 9.17) is 11.6 Å². The number of hydrogen-bond acceptors (Lipinski definition) is 2. The van der Waals surface area contributed by atoms with Crippen LogP contribution in [-0.2, 0) is 4.79 Å². The second kappa shape index (κ2) is 5.56. The molecule has 92 valence electrons. The summed E-state index contributed by atoms with van der Waals surface area (Å²) < 4.78 is 0. The molecule has 0 aliphatic heterocycles. The topological polar surface area (TPSA) is 41.1 Å². The number of carbonyl (C=O) groups excluding carboxylic acids is 1. The minimum absolute atomic E-state index is 0.145. The van der Waals surface area contributed by atoms with Crippen molar-refractivity contribution in [1.82, 2.24) is 0 Å². The van der Waals surface area contributed by atoms with E-state index in [0.29, 0.717) is 10.7 Å². The molecule has 0 radical (unpaired) electrons. The monoisotopic (exact) mass is 260 g/mol. The maximum absolute atomic E-state index is 11.0. The van der Waals surface area contributed by atoms with E-state index in [1.807, 2.05) is 36.4 Å². The Morgan fingerprint density at radius 3 is 2.44 bits per heavy atom. The van der Waals surface area contributed by atoms with Crippen molar-refractivity contribution < 1.29 is 4.79 Å². The molecule has 4 heteroatoms. The molecule has 0 spiro atoms. The molecule has 3 nitrogen and oxygen atoms in total. The lowest BCUT2D eigenvalue weighted by atomic mass is 10.2. The smallest absolute Gasteiger partial charge is 0.221 e. The zero-order valence-corrected chi connectivity index (χ0v) is 10.7. The second-order valence-corrected chi connectivity index (χ2v) is 4.27. The number of halogens is 1. The van der Waals surface area contributed by atoms with Crippen molar-refractivity contribution in [3.63, 3.8) is 0 Å². The van der Waals surface area contributed by atoms with Crippen LogP contribution < -0.4 is 10.6 Å². The fraction of sp³-hybridized carbons (Fsp3) is 0.0714. The number of benzene rings is 2. The van der Waals surface area contributed by atoms with Crippen molar-refractivity contribution in [2.45, 2.75) is 6.92 Å². The zero-order valence-electron chi connectivity index (χ0n) is 9.91. The van der Waals surface area contributed by atoms with Gasteiger partial charge in [0.15, 0.2) is 0 Å². The van der Waals surface area contributed by atoms with Crippen LogP contribution in [0.15, 0.2) is 48.5 Å². The Labute approximate surface area is 111 Å². The van der Waals surface area contributed by atoms with Crippen molar-refractivity contribution in [3.05, 3.63) is 53.6 Å². The van der Waals surface area contributed by atoms with E-state index in [2.05, 4.69) is 10.6 Å². The van der Waals surface area contributed by atoms with E-state index >= 15 is 0 Å². The van der Waals surface area contributed by atoms with Crippen LogP contribution in [0.5, 0.6) is 0 Å². The van der Waals surface area contributed by atoms with Crippen molar-refractivity contribution >= 4 is 34.6 Å². The van der Waals surface area contributed by atoms with Crippen LogP contribution in [0.2, 0.25) is 5.02 Å². The van der Waals surface area contributed by atoms with Crippen LogP contribution in [0.4, 0.5) is 17.1 Å². The molecule has 2 aromatic rings. The van der Waals surface area contributed by atoms with Crippen molar-refractivity contribution in [3.8, 4) is 0 Å². The van der Waals surface area contributed by atoms with Gasteiger partial charge in [-0.1, -0.05) is 29.8 Å². The molecular weight excluding hydrogens is 248 g/mol. The lowest BCUT2D eigenvalue weighted by Gasteiger charge is -2.10. The molecule has 0 bridgehead atoms. The first-order valence-electron chi connectivity index (χ1n) is 5.54. The molecule has 0 aliphatic rings. The van der Waals surface area contributed by atoms with Crippen molar-refractivity contribution in [1.29, 1.82) is 0 Å². The van der Waals surface area contributed by atoms with Crippen LogP contribution in [0.1, 0.15) is 6.92 Å². The first-order chi connectivity index (χ1) is 8.65. The van der Waals surface area contributed by atoms with Gasteiger partial charge in [0.05, 0.1) is 10.7 Å². The predicted molar refractivity (Wildman–Crippen MR) is 75.5 cm³/mol. The van der Waals surface area contributed by atoms with Gasteiger partial charge in [0, 0.05) is 18.3 Å². The molecule has 18 heavy (non-hydrogen) atoms. The molecule has 2 N–H and O–H groups in total. The molecule has 0 aliphatic carbocycles. The highest BCUT2D eigenvalue weighted by atomic mass is 35.5. The van der Waals surface area contributed by atoms with Gasteiger partial charge >= 0.3 is 0 Å². The molecule has 0 saturated heterocycles. The third kappa shape index (κ3) is 3.25. The lowest BCUT2D eigenvalue weighted by molar-refractivity contribution is -0.114. The first kappa shape index (κ1) is 12.5. The highest BCUT2D eigenvalue weighted by Crippen LogP contribution is 2.27. The van der Waals surface area contributed by atoms with Crippen LogP contribution in [0.25, 0.3) is 0 Å². The third-order valence-corrected chi connectivity index (χ3v) is 2.67. The van der Waals surface area contributed by atoms with Gasteiger partial charge in [0.2, 0.25) is 5.91 Å². The minimum Gasteiger partial charge on any atom is -0.355 e. The van der Waals surface area contributed by atoms with Gasteiger partial charge in [-0.15, -0.1) is 0 Å². The number of amides is 1. The molecular formula is C14H13ClN2O. The summed E-state index contributed by atoms with van der Waals surface area (Å²) in [5.41, 5.74) is 2.45. The van der Waals surface area contributed by atoms with Crippen molar-refractivity contribution in [2.24, 2.45) is 0 Å². The number of nitrogens with one attached hydrogen (secondary N) is 2.